The van der Waals surface area contributed by atoms with E-state index in [1.54, 1.807) is 6.92 Å². The molecule has 1 heterocycles. The molecule has 5 nitrogen and oxygen atoms in total. The van der Waals surface area contributed by atoms with Gasteiger partial charge < -0.3 is 10.4 Å². The molecule has 0 fully saturated rings. The van der Waals surface area contributed by atoms with Crippen LogP contribution < -0.4 is 5.32 Å². The number of nitrogens with one attached hydrogen (secondary N) is 1. The average Bonchev–Trinajstić information content (AvgIpc) is 2.50. The van der Waals surface area contributed by atoms with E-state index in [9.17, 15) is 9.90 Å². The van der Waals surface area contributed by atoms with Crippen LogP contribution in [0.3, 0.4) is 0 Å². The summed E-state index contributed by atoms with van der Waals surface area (Å²) in [4.78, 5) is 20.9. The Morgan fingerprint density at radius 1 is 1.35 bits per heavy atom. The largest absolute Gasteiger partial charge is 0.388 e. The van der Waals surface area contributed by atoms with Crippen LogP contribution in [0.1, 0.15) is 50.6 Å². The molecule has 0 saturated heterocycles. The van der Waals surface area contributed by atoms with Gasteiger partial charge in [-0.15, -0.1) is 0 Å². The SMILES string of the molecule is CC[C@H](C)[C@](C)(O)CNC(=O)CCc1c(C)nc(SC)nc1C. The Hall–Kier alpha value is -1.14. The molecule has 0 aromatic carbocycles. The molecule has 0 radical (unpaired) electrons. The Kier molecular flexibility index (Phi) is 7.48. The van der Waals surface area contributed by atoms with Gasteiger partial charge in [-0.25, -0.2) is 9.97 Å². The Bertz CT molecular complexity index is 524. The molecule has 130 valence electrons. The van der Waals surface area contributed by atoms with Gasteiger partial charge in [0.25, 0.3) is 0 Å². The van der Waals surface area contributed by atoms with Crippen molar-refractivity contribution in [3.8, 4) is 0 Å². The standard InChI is InChI=1S/C17H29N3O2S/c1-7-11(2)17(5,22)10-18-15(21)9-8-14-12(3)19-16(23-6)20-13(14)4/h11,22H,7-10H2,1-6H3,(H,18,21)/t11-,17+/m0/s1. The van der Waals surface area contributed by atoms with Gasteiger partial charge in [-0.2, -0.15) is 0 Å². The monoisotopic (exact) mass is 339 g/mol. The number of carbonyl (C=O) groups excluding carboxylic acids is 1. The van der Waals surface area contributed by atoms with Crippen molar-refractivity contribution in [2.45, 2.75) is 64.6 Å². The quantitative estimate of drug-likeness (QED) is 0.562. The first kappa shape index (κ1) is 19.9. The third-order valence-electron chi connectivity index (χ3n) is 4.50. The van der Waals surface area contributed by atoms with Crippen LogP contribution in [0.5, 0.6) is 0 Å². The van der Waals surface area contributed by atoms with Crippen LogP contribution in [-0.4, -0.2) is 39.4 Å². The number of amides is 1. The van der Waals surface area contributed by atoms with E-state index in [4.69, 9.17) is 0 Å². The van der Waals surface area contributed by atoms with Crippen molar-refractivity contribution in [1.29, 1.82) is 0 Å². The Morgan fingerprint density at radius 3 is 2.39 bits per heavy atom. The van der Waals surface area contributed by atoms with Crippen molar-refractivity contribution in [2.75, 3.05) is 12.8 Å². The zero-order chi connectivity index (χ0) is 17.6. The van der Waals surface area contributed by atoms with E-state index in [-0.39, 0.29) is 18.4 Å². The van der Waals surface area contributed by atoms with Crippen LogP contribution >= 0.6 is 11.8 Å². The van der Waals surface area contributed by atoms with Gasteiger partial charge in [0.15, 0.2) is 5.16 Å². The van der Waals surface area contributed by atoms with Gasteiger partial charge in [0.05, 0.1) is 5.60 Å². The highest BCUT2D eigenvalue weighted by atomic mass is 32.2. The first-order valence-corrected chi connectivity index (χ1v) is 9.30. The number of carbonyl (C=O) groups is 1. The molecule has 0 aliphatic heterocycles. The molecular weight excluding hydrogens is 310 g/mol. The van der Waals surface area contributed by atoms with Crippen LogP contribution in [0, 0.1) is 19.8 Å². The zero-order valence-corrected chi connectivity index (χ0v) is 15.9. The molecule has 6 heteroatoms. The van der Waals surface area contributed by atoms with Gasteiger partial charge in [-0.1, -0.05) is 32.0 Å². The van der Waals surface area contributed by atoms with Crippen molar-refractivity contribution in [3.63, 3.8) is 0 Å². The van der Waals surface area contributed by atoms with E-state index in [2.05, 4.69) is 15.3 Å². The lowest BCUT2D eigenvalue weighted by molar-refractivity contribution is -0.122. The molecule has 1 aromatic rings. The first-order valence-electron chi connectivity index (χ1n) is 8.08. The molecule has 2 N–H and O–H groups in total. The first-order chi connectivity index (χ1) is 10.7. The smallest absolute Gasteiger partial charge is 0.220 e. The number of nitrogens with zero attached hydrogens (tertiary/aromatic N) is 2. The molecule has 0 bridgehead atoms. The van der Waals surface area contributed by atoms with Crippen molar-refractivity contribution in [1.82, 2.24) is 15.3 Å². The summed E-state index contributed by atoms with van der Waals surface area (Å²) < 4.78 is 0. The van der Waals surface area contributed by atoms with Crippen LogP contribution in [0.4, 0.5) is 0 Å². The summed E-state index contributed by atoms with van der Waals surface area (Å²) in [6.45, 7) is 9.98. The van der Waals surface area contributed by atoms with Crippen LogP contribution in [0.2, 0.25) is 0 Å². The molecule has 0 aliphatic carbocycles. The predicted molar refractivity (Wildman–Crippen MR) is 94.7 cm³/mol. The number of rotatable bonds is 8. The summed E-state index contributed by atoms with van der Waals surface area (Å²) in [6.07, 6.45) is 3.81. The minimum atomic E-state index is -0.876. The molecule has 1 amide bonds. The number of aromatic nitrogens is 2. The normalized spacial score (nSPS) is 15.1. The Labute approximate surface area is 143 Å². The third kappa shape index (κ3) is 5.77. The second kappa shape index (κ2) is 8.64. The minimum absolute atomic E-state index is 0.0543. The summed E-state index contributed by atoms with van der Waals surface area (Å²) in [5.41, 5.74) is 2.02. The van der Waals surface area contributed by atoms with E-state index >= 15 is 0 Å². The Balaban J connectivity index is 2.57. The molecule has 1 aromatic heterocycles. The number of aryl methyl sites for hydroxylation is 2. The minimum Gasteiger partial charge on any atom is -0.388 e. The summed E-state index contributed by atoms with van der Waals surface area (Å²) in [5, 5.41) is 13.9. The molecule has 0 aliphatic rings. The maximum atomic E-state index is 12.1. The fraction of sp³-hybridized carbons (Fsp3) is 0.706. The van der Waals surface area contributed by atoms with Crippen LogP contribution in [0.15, 0.2) is 5.16 Å². The van der Waals surface area contributed by atoms with Crippen molar-refractivity contribution in [3.05, 3.63) is 17.0 Å². The van der Waals surface area contributed by atoms with Crippen molar-refractivity contribution in [2.24, 2.45) is 5.92 Å². The highest BCUT2D eigenvalue weighted by molar-refractivity contribution is 7.98. The van der Waals surface area contributed by atoms with Gasteiger partial charge in [-0.3, -0.25) is 4.79 Å². The number of aliphatic hydroxyl groups is 1. The Morgan fingerprint density at radius 2 is 1.91 bits per heavy atom. The topological polar surface area (TPSA) is 75.1 Å². The fourth-order valence-corrected chi connectivity index (χ4v) is 2.84. The fourth-order valence-electron chi connectivity index (χ4n) is 2.38. The number of hydrogen-bond donors (Lipinski definition) is 2. The van der Waals surface area contributed by atoms with E-state index in [1.807, 2.05) is 34.0 Å². The van der Waals surface area contributed by atoms with Gasteiger partial charge in [0.2, 0.25) is 5.91 Å². The summed E-state index contributed by atoms with van der Waals surface area (Å²) in [5.74, 6) is 0.0844. The summed E-state index contributed by atoms with van der Waals surface area (Å²) in [7, 11) is 0. The predicted octanol–water partition coefficient (Wildman–Crippen LogP) is 2.66. The van der Waals surface area contributed by atoms with E-state index < -0.39 is 5.60 Å². The maximum absolute atomic E-state index is 12.1. The van der Waals surface area contributed by atoms with Gasteiger partial charge >= 0.3 is 0 Å². The summed E-state index contributed by atoms with van der Waals surface area (Å²) in [6, 6.07) is 0. The lowest BCUT2D eigenvalue weighted by atomic mass is 9.88. The maximum Gasteiger partial charge on any atom is 0.220 e. The van der Waals surface area contributed by atoms with E-state index in [0.717, 1.165) is 28.5 Å². The molecule has 0 spiro atoms. The number of hydrogen-bond acceptors (Lipinski definition) is 5. The lowest BCUT2D eigenvalue weighted by Crippen LogP contribution is -2.45. The average molecular weight is 340 g/mol. The summed E-state index contributed by atoms with van der Waals surface area (Å²) >= 11 is 1.52. The molecule has 23 heavy (non-hydrogen) atoms. The van der Waals surface area contributed by atoms with Gasteiger partial charge in [0, 0.05) is 24.4 Å². The van der Waals surface area contributed by atoms with Crippen molar-refractivity contribution >= 4 is 17.7 Å². The van der Waals surface area contributed by atoms with E-state index in [1.165, 1.54) is 11.8 Å². The molecule has 0 unspecified atom stereocenters. The zero-order valence-electron chi connectivity index (χ0n) is 15.1. The number of thioether (sulfide) groups is 1. The highest BCUT2D eigenvalue weighted by Gasteiger charge is 2.27. The van der Waals surface area contributed by atoms with Gasteiger partial charge in [0.1, 0.15) is 0 Å². The second-order valence-corrected chi connectivity index (χ2v) is 7.08. The molecular formula is C17H29N3O2S. The molecule has 1 rings (SSSR count). The lowest BCUT2D eigenvalue weighted by Gasteiger charge is -2.29. The van der Waals surface area contributed by atoms with Crippen LogP contribution in [0.25, 0.3) is 0 Å². The third-order valence-corrected chi connectivity index (χ3v) is 5.05. The second-order valence-electron chi connectivity index (χ2n) is 6.30. The molecule has 0 saturated carbocycles. The van der Waals surface area contributed by atoms with Crippen molar-refractivity contribution < 1.29 is 9.90 Å². The van der Waals surface area contributed by atoms with Crippen LogP contribution in [-0.2, 0) is 11.2 Å². The van der Waals surface area contributed by atoms with E-state index in [0.29, 0.717) is 12.8 Å². The highest BCUT2D eigenvalue weighted by Crippen LogP contribution is 2.19. The molecule has 2 atom stereocenters. The van der Waals surface area contributed by atoms with Gasteiger partial charge in [-0.05, 0) is 44.9 Å².